The van der Waals surface area contributed by atoms with Crippen molar-refractivity contribution in [3.63, 3.8) is 0 Å². The van der Waals surface area contributed by atoms with Crippen LogP contribution < -0.4 is 15.8 Å². The first-order chi connectivity index (χ1) is 15.8. The fourth-order valence-corrected chi connectivity index (χ4v) is 4.38. The third-order valence-corrected chi connectivity index (χ3v) is 6.58. The molecule has 2 N–H and O–H groups in total. The van der Waals surface area contributed by atoms with E-state index in [0.29, 0.717) is 29.7 Å². The molecule has 0 fully saturated rings. The van der Waals surface area contributed by atoms with Gasteiger partial charge in [-0.25, -0.2) is 13.1 Å². The molecule has 4 rings (SSSR count). The Labute approximate surface area is 191 Å². The summed E-state index contributed by atoms with van der Waals surface area (Å²) in [4.78, 5) is 27.9. The Kier molecular flexibility index (Phi) is 6.26. The Hall–Kier alpha value is -3.56. The third-order valence-electron chi connectivity index (χ3n) is 5.33. The predicted molar refractivity (Wildman–Crippen MR) is 127 cm³/mol. The van der Waals surface area contributed by atoms with Gasteiger partial charge in [0.15, 0.2) is 5.69 Å². The van der Waals surface area contributed by atoms with Gasteiger partial charge < -0.3 is 0 Å². The summed E-state index contributed by atoms with van der Waals surface area (Å²) in [5.41, 5.74) is 1.91. The first-order valence-electron chi connectivity index (χ1n) is 10.6. The number of sulfonamides is 1. The van der Waals surface area contributed by atoms with E-state index in [4.69, 9.17) is 0 Å². The minimum absolute atomic E-state index is 0.0150. The van der Waals surface area contributed by atoms with Crippen LogP contribution in [0.4, 0.5) is 0 Å². The lowest BCUT2D eigenvalue weighted by atomic mass is 10.1. The average Bonchev–Trinajstić information content (AvgIpc) is 2.82. The highest BCUT2D eigenvalue weighted by atomic mass is 32.2. The molecule has 0 bridgehead atoms. The molecule has 0 saturated carbocycles. The number of nitrogens with zero attached hydrogens (tertiary/aromatic N) is 2. The fraction of sp³-hybridized carbons (Fsp3) is 0.208. The van der Waals surface area contributed by atoms with E-state index >= 15 is 0 Å². The largest absolute Gasteiger partial charge is 0.287 e. The third kappa shape index (κ3) is 4.79. The minimum atomic E-state index is -4.03. The van der Waals surface area contributed by atoms with E-state index in [-0.39, 0.29) is 16.1 Å². The Morgan fingerprint density at radius 1 is 0.970 bits per heavy atom. The van der Waals surface area contributed by atoms with Gasteiger partial charge in [-0.05, 0) is 41.3 Å². The van der Waals surface area contributed by atoms with Gasteiger partial charge in [-0.2, -0.15) is 5.10 Å². The summed E-state index contributed by atoms with van der Waals surface area (Å²) in [6.07, 6.45) is 0.709. The van der Waals surface area contributed by atoms with Crippen molar-refractivity contribution < 1.29 is 13.2 Å². The van der Waals surface area contributed by atoms with Crippen molar-refractivity contribution in [1.82, 2.24) is 20.0 Å². The van der Waals surface area contributed by atoms with Crippen molar-refractivity contribution in [2.45, 2.75) is 31.7 Å². The number of carbonyl (C=O) groups excluding carboxylic acids is 1. The van der Waals surface area contributed by atoms with Crippen LogP contribution in [-0.4, -0.2) is 24.1 Å². The molecule has 0 spiro atoms. The maximum Gasteiger partial charge on any atom is 0.287 e. The van der Waals surface area contributed by atoms with E-state index < -0.39 is 15.9 Å². The number of amides is 1. The number of hydrazine groups is 1. The summed E-state index contributed by atoms with van der Waals surface area (Å²) in [5.74, 6) is -0.412. The zero-order valence-electron chi connectivity index (χ0n) is 18.3. The van der Waals surface area contributed by atoms with Gasteiger partial charge in [0.1, 0.15) is 0 Å². The molecular formula is C24H24N4O4S. The highest BCUT2D eigenvalue weighted by Gasteiger charge is 2.20. The maximum absolute atomic E-state index is 12.9. The first-order valence-corrected chi connectivity index (χ1v) is 12.1. The van der Waals surface area contributed by atoms with Crippen molar-refractivity contribution in [2.24, 2.45) is 5.92 Å². The number of carbonyl (C=O) groups is 1. The summed E-state index contributed by atoms with van der Waals surface area (Å²) < 4.78 is 26.8. The standard InChI is InChI=1S/C24H24N4O4S/c1-16(2)13-14-28-24(30)21-10-6-5-9-20(21)22(26-28)23(29)25-27-33(31,32)19-12-11-17-7-3-4-8-18(17)15-19/h3-12,15-16,27H,13-14H2,1-2H3,(H,25,29). The second kappa shape index (κ2) is 9.13. The van der Waals surface area contributed by atoms with Crippen LogP contribution in [0.5, 0.6) is 0 Å². The highest BCUT2D eigenvalue weighted by Crippen LogP contribution is 2.19. The van der Waals surface area contributed by atoms with Crippen LogP contribution in [0.15, 0.2) is 76.4 Å². The molecule has 8 nitrogen and oxygen atoms in total. The average molecular weight is 465 g/mol. The number of hydrogen-bond acceptors (Lipinski definition) is 5. The Bertz CT molecular complexity index is 1510. The van der Waals surface area contributed by atoms with Crippen LogP contribution in [0.25, 0.3) is 21.5 Å². The normalized spacial score (nSPS) is 11.8. The van der Waals surface area contributed by atoms with E-state index in [1.165, 1.54) is 16.8 Å². The quantitative estimate of drug-likeness (QED) is 0.408. The molecule has 170 valence electrons. The maximum atomic E-state index is 12.9. The van der Waals surface area contributed by atoms with Gasteiger partial charge in [0.05, 0.1) is 10.3 Å². The van der Waals surface area contributed by atoms with Gasteiger partial charge in [0, 0.05) is 11.9 Å². The van der Waals surface area contributed by atoms with Crippen LogP contribution in [0, 0.1) is 5.92 Å². The molecule has 0 saturated heterocycles. The molecule has 4 aromatic rings. The van der Waals surface area contributed by atoms with Crippen LogP contribution in [0.3, 0.4) is 0 Å². The van der Waals surface area contributed by atoms with Crippen molar-refractivity contribution in [3.8, 4) is 0 Å². The lowest BCUT2D eigenvalue weighted by Gasteiger charge is -2.13. The molecule has 3 aromatic carbocycles. The van der Waals surface area contributed by atoms with Crippen LogP contribution in [0.2, 0.25) is 0 Å². The fourth-order valence-electron chi connectivity index (χ4n) is 3.50. The van der Waals surface area contributed by atoms with E-state index in [1.54, 1.807) is 30.3 Å². The summed E-state index contributed by atoms with van der Waals surface area (Å²) in [7, 11) is -4.03. The lowest BCUT2D eigenvalue weighted by molar-refractivity contribution is 0.0939. The van der Waals surface area contributed by atoms with Gasteiger partial charge >= 0.3 is 0 Å². The summed E-state index contributed by atoms with van der Waals surface area (Å²) in [6.45, 7) is 4.41. The molecule has 0 aliphatic heterocycles. The Morgan fingerprint density at radius 3 is 2.36 bits per heavy atom. The number of aromatic nitrogens is 2. The second-order valence-corrected chi connectivity index (χ2v) is 9.86. The molecule has 1 aromatic heterocycles. The van der Waals surface area contributed by atoms with Gasteiger partial charge in [-0.15, -0.1) is 4.83 Å². The molecular weight excluding hydrogens is 440 g/mol. The molecule has 1 amide bonds. The lowest BCUT2D eigenvalue weighted by Crippen LogP contribution is -2.42. The Morgan fingerprint density at radius 2 is 1.64 bits per heavy atom. The number of fused-ring (bicyclic) bond motifs is 2. The van der Waals surface area contributed by atoms with E-state index in [2.05, 4.69) is 15.4 Å². The zero-order chi connectivity index (χ0) is 23.6. The first kappa shape index (κ1) is 22.6. The molecule has 9 heteroatoms. The molecule has 0 radical (unpaired) electrons. The van der Waals surface area contributed by atoms with Crippen LogP contribution in [0.1, 0.15) is 30.8 Å². The van der Waals surface area contributed by atoms with Crippen LogP contribution >= 0.6 is 0 Å². The molecule has 0 atom stereocenters. The van der Waals surface area contributed by atoms with Crippen molar-refractivity contribution in [1.29, 1.82) is 0 Å². The van der Waals surface area contributed by atoms with Crippen LogP contribution in [-0.2, 0) is 16.6 Å². The number of rotatable bonds is 7. The molecule has 33 heavy (non-hydrogen) atoms. The summed E-state index contributed by atoms with van der Waals surface area (Å²) in [5, 5.41) is 6.61. The predicted octanol–water partition coefficient (Wildman–Crippen LogP) is 3.22. The Balaban J connectivity index is 1.63. The second-order valence-electron chi connectivity index (χ2n) is 8.17. The van der Waals surface area contributed by atoms with Crippen molar-refractivity contribution in [3.05, 3.63) is 82.8 Å². The zero-order valence-corrected chi connectivity index (χ0v) is 19.1. The highest BCUT2D eigenvalue weighted by molar-refractivity contribution is 7.89. The molecule has 0 unspecified atom stereocenters. The number of hydrogen-bond donors (Lipinski definition) is 2. The smallest absolute Gasteiger partial charge is 0.272 e. The topological polar surface area (TPSA) is 110 Å². The monoisotopic (exact) mass is 464 g/mol. The SMILES string of the molecule is CC(C)CCn1nc(C(=O)NNS(=O)(=O)c2ccc3ccccc3c2)c2ccccc2c1=O. The molecule has 1 heterocycles. The van der Waals surface area contributed by atoms with Crippen molar-refractivity contribution >= 4 is 37.5 Å². The van der Waals surface area contributed by atoms with Gasteiger partial charge in [0.2, 0.25) is 0 Å². The molecule has 0 aliphatic carbocycles. The van der Waals surface area contributed by atoms with E-state index in [0.717, 1.165) is 10.8 Å². The summed E-state index contributed by atoms with van der Waals surface area (Å²) in [6, 6.07) is 18.7. The minimum Gasteiger partial charge on any atom is -0.272 e. The number of aryl methyl sites for hydroxylation is 1. The van der Waals surface area contributed by atoms with Gasteiger partial charge in [-0.3, -0.25) is 15.0 Å². The molecule has 0 aliphatic rings. The van der Waals surface area contributed by atoms with E-state index in [9.17, 15) is 18.0 Å². The van der Waals surface area contributed by atoms with Gasteiger partial charge in [-0.1, -0.05) is 62.4 Å². The summed E-state index contributed by atoms with van der Waals surface area (Å²) >= 11 is 0. The van der Waals surface area contributed by atoms with Gasteiger partial charge in [0.25, 0.3) is 21.5 Å². The number of nitrogens with one attached hydrogen (secondary N) is 2. The van der Waals surface area contributed by atoms with Crippen molar-refractivity contribution in [2.75, 3.05) is 0 Å². The van der Waals surface area contributed by atoms with E-state index in [1.807, 2.05) is 38.1 Å². The number of benzene rings is 3.